The Labute approximate surface area is 115 Å². The maximum Gasteiger partial charge on any atom is 0.141 e. The third-order valence-electron chi connectivity index (χ3n) is 2.73. The molecular weight excluding hydrogens is 273 g/mol. The van der Waals surface area contributed by atoms with Crippen LogP contribution in [0, 0.1) is 5.82 Å². The van der Waals surface area contributed by atoms with Crippen LogP contribution in [0.25, 0.3) is 0 Å². The third-order valence-corrected chi connectivity index (χ3v) is 4.66. The molecule has 0 amide bonds. The van der Waals surface area contributed by atoms with Gasteiger partial charge in [-0.05, 0) is 38.1 Å². The van der Waals surface area contributed by atoms with Crippen LogP contribution in [0.15, 0.2) is 23.1 Å². The lowest BCUT2D eigenvalue weighted by atomic mass is 10.2. The Bertz CT molecular complexity index is 427. The van der Waals surface area contributed by atoms with Crippen LogP contribution in [0.5, 0.6) is 0 Å². The van der Waals surface area contributed by atoms with Gasteiger partial charge in [-0.25, -0.2) is 4.39 Å². The average molecular weight is 292 g/mol. The van der Waals surface area contributed by atoms with E-state index in [1.54, 1.807) is 0 Å². The number of benzene rings is 1. The van der Waals surface area contributed by atoms with Crippen molar-refractivity contribution < 1.29 is 8.60 Å². The van der Waals surface area contributed by atoms with Crippen molar-refractivity contribution in [2.24, 2.45) is 0 Å². The zero-order valence-electron chi connectivity index (χ0n) is 10.9. The summed E-state index contributed by atoms with van der Waals surface area (Å²) in [6.45, 7) is 6.93. The molecule has 0 fully saturated rings. The Morgan fingerprint density at radius 3 is 2.67 bits per heavy atom. The average Bonchev–Trinajstić information content (AvgIpc) is 2.32. The van der Waals surface area contributed by atoms with Crippen molar-refractivity contribution in [1.82, 2.24) is 5.32 Å². The molecule has 18 heavy (non-hydrogen) atoms. The van der Waals surface area contributed by atoms with Gasteiger partial charge in [-0.15, -0.1) is 0 Å². The van der Waals surface area contributed by atoms with Gasteiger partial charge in [-0.3, -0.25) is 4.21 Å². The molecule has 0 aliphatic carbocycles. The molecule has 0 bridgehead atoms. The minimum atomic E-state index is -1.16. The fraction of sp³-hybridized carbons (Fsp3) is 0.538. The van der Waals surface area contributed by atoms with Gasteiger partial charge in [0.25, 0.3) is 0 Å². The van der Waals surface area contributed by atoms with E-state index in [0.717, 1.165) is 13.0 Å². The highest BCUT2D eigenvalue weighted by Gasteiger charge is 2.17. The lowest BCUT2D eigenvalue weighted by Gasteiger charge is -2.17. The molecule has 3 unspecified atom stereocenters. The van der Waals surface area contributed by atoms with E-state index in [2.05, 4.69) is 12.2 Å². The van der Waals surface area contributed by atoms with E-state index in [-0.39, 0.29) is 10.3 Å². The standard InChI is InChI=1S/C13H19ClFNOS/c1-4-16-9(2)7-10(3)18(17)11-5-6-13(15)12(14)8-11/h5-6,8-10,16H,4,7H2,1-3H3. The normalized spacial score (nSPS) is 16.3. The summed E-state index contributed by atoms with van der Waals surface area (Å²) in [6, 6.07) is 4.55. The predicted molar refractivity (Wildman–Crippen MR) is 75.0 cm³/mol. The zero-order chi connectivity index (χ0) is 13.7. The van der Waals surface area contributed by atoms with Crippen LogP contribution in [0.1, 0.15) is 27.2 Å². The minimum absolute atomic E-state index is 0.000535. The Morgan fingerprint density at radius 2 is 2.11 bits per heavy atom. The zero-order valence-corrected chi connectivity index (χ0v) is 12.4. The van der Waals surface area contributed by atoms with Crippen molar-refractivity contribution in [3.05, 3.63) is 29.0 Å². The summed E-state index contributed by atoms with van der Waals surface area (Å²) in [5.74, 6) is -0.480. The topological polar surface area (TPSA) is 29.1 Å². The van der Waals surface area contributed by atoms with Crippen LogP contribution in [0.3, 0.4) is 0 Å². The van der Waals surface area contributed by atoms with Crippen LogP contribution in [0.2, 0.25) is 5.02 Å². The summed E-state index contributed by atoms with van der Waals surface area (Å²) in [5.41, 5.74) is 0. The summed E-state index contributed by atoms with van der Waals surface area (Å²) in [6.07, 6.45) is 0.801. The first-order chi connectivity index (χ1) is 8.45. The molecule has 0 aliphatic rings. The number of rotatable bonds is 6. The van der Waals surface area contributed by atoms with E-state index in [0.29, 0.717) is 10.9 Å². The molecule has 2 nitrogen and oxygen atoms in total. The molecule has 0 aromatic heterocycles. The van der Waals surface area contributed by atoms with Gasteiger partial charge in [0.15, 0.2) is 0 Å². The SMILES string of the molecule is CCNC(C)CC(C)S(=O)c1ccc(F)c(Cl)c1. The fourth-order valence-electron chi connectivity index (χ4n) is 1.85. The molecule has 102 valence electrons. The van der Waals surface area contributed by atoms with Crippen molar-refractivity contribution in [2.75, 3.05) is 6.54 Å². The summed E-state index contributed by atoms with van der Waals surface area (Å²) in [4.78, 5) is 0.581. The smallest absolute Gasteiger partial charge is 0.141 e. The Kier molecular flexibility index (Phi) is 6.26. The molecular formula is C13H19ClFNOS. The van der Waals surface area contributed by atoms with Gasteiger partial charge >= 0.3 is 0 Å². The van der Waals surface area contributed by atoms with Gasteiger partial charge in [0.1, 0.15) is 5.82 Å². The number of hydrogen-bond acceptors (Lipinski definition) is 2. The van der Waals surface area contributed by atoms with Crippen molar-refractivity contribution >= 4 is 22.4 Å². The third kappa shape index (κ3) is 4.34. The van der Waals surface area contributed by atoms with Crippen molar-refractivity contribution in [3.8, 4) is 0 Å². The molecule has 1 rings (SSSR count). The number of nitrogens with one attached hydrogen (secondary N) is 1. The molecule has 0 saturated carbocycles. The van der Waals surface area contributed by atoms with Gasteiger partial charge in [0.05, 0.1) is 15.8 Å². The second kappa shape index (κ2) is 7.22. The molecule has 0 radical (unpaired) electrons. The largest absolute Gasteiger partial charge is 0.314 e. The summed E-state index contributed by atoms with van der Waals surface area (Å²) >= 11 is 5.70. The maximum atomic E-state index is 13.0. The first kappa shape index (κ1) is 15.6. The van der Waals surface area contributed by atoms with Crippen LogP contribution in [0.4, 0.5) is 4.39 Å². The highest BCUT2D eigenvalue weighted by atomic mass is 35.5. The van der Waals surface area contributed by atoms with E-state index in [4.69, 9.17) is 11.6 Å². The van der Waals surface area contributed by atoms with Crippen LogP contribution in [-0.2, 0) is 10.8 Å². The van der Waals surface area contributed by atoms with Crippen molar-refractivity contribution in [1.29, 1.82) is 0 Å². The van der Waals surface area contributed by atoms with Gasteiger partial charge < -0.3 is 5.32 Å². The van der Waals surface area contributed by atoms with Crippen molar-refractivity contribution in [3.63, 3.8) is 0 Å². The van der Waals surface area contributed by atoms with E-state index in [1.165, 1.54) is 18.2 Å². The Balaban J connectivity index is 2.71. The fourth-order valence-corrected chi connectivity index (χ4v) is 3.46. The van der Waals surface area contributed by atoms with E-state index in [1.807, 2.05) is 13.8 Å². The maximum absolute atomic E-state index is 13.0. The number of halogens is 2. The second-order valence-corrected chi connectivity index (χ2v) is 6.66. The second-order valence-electron chi connectivity index (χ2n) is 4.38. The Hall–Kier alpha value is -0.450. The predicted octanol–water partition coefficient (Wildman–Crippen LogP) is 3.36. The first-order valence-electron chi connectivity index (χ1n) is 6.04. The van der Waals surface area contributed by atoms with Gasteiger partial charge in [0.2, 0.25) is 0 Å². The molecule has 5 heteroatoms. The molecule has 1 aromatic carbocycles. The van der Waals surface area contributed by atoms with Crippen molar-refractivity contribution in [2.45, 2.75) is 43.4 Å². The summed E-state index contributed by atoms with van der Waals surface area (Å²) in [7, 11) is -1.16. The van der Waals surface area contributed by atoms with Crippen LogP contribution in [-0.4, -0.2) is 22.0 Å². The summed E-state index contributed by atoms with van der Waals surface area (Å²) in [5, 5.41) is 3.30. The number of hydrogen-bond donors (Lipinski definition) is 1. The summed E-state index contributed by atoms with van der Waals surface area (Å²) < 4.78 is 25.3. The van der Waals surface area contributed by atoms with Gasteiger partial charge in [-0.1, -0.05) is 25.4 Å². The highest BCUT2D eigenvalue weighted by molar-refractivity contribution is 7.85. The van der Waals surface area contributed by atoms with E-state index < -0.39 is 16.6 Å². The molecule has 0 heterocycles. The molecule has 0 aliphatic heterocycles. The molecule has 0 spiro atoms. The quantitative estimate of drug-likeness (QED) is 0.871. The monoisotopic (exact) mass is 291 g/mol. The molecule has 3 atom stereocenters. The minimum Gasteiger partial charge on any atom is -0.314 e. The van der Waals surface area contributed by atoms with Gasteiger partial charge in [0, 0.05) is 16.2 Å². The van der Waals surface area contributed by atoms with Crippen LogP contribution >= 0.6 is 11.6 Å². The highest BCUT2D eigenvalue weighted by Crippen LogP contribution is 2.21. The van der Waals surface area contributed by atoms with Crippen LogP contribution < -0.4 is 5.32 Å². The first-order valence-corrected chi connectivity index (χ1v) is 7.63. The molecule has 1 aromatic rings. The van der Waals surface area contributed by atoms with Gasteiger partial charge in [-0.2, -0.15) is 0 Å². The lowest BCUT2D eigenvalue weighted by molar-refractivity contribution is 0.524. The molecule has 0 saturated heterocycles. The Morgan fingerprint density at radius 1 is 1.44 bits per heavy atom. The molecule has 1 N–H and O–H groups in total. The van der Waals surface area contributed by atoms with E-state index in [9.17, 15) is 8.60 Å². The van der Waals surface area contributed by atoms with E-state index >= 15 is 0 Å². The lowest BCUT2D eigenvalue weighted by Crippen LogP contribution is -2.30.